The van der Waals surface area contributed by atoms with Crippen molar-refractivity contribution in [3.63, 3.8) is 0 Å². The first-order chi connectivity index (χ1) is 7.61. The molecule has 5 heteroatoms. The molecule has 0 spiro atoms. The Bertz CT molecular complexity index is 271. The highest BCUT2D eigenvalue weighted by atomic mass is 16.6. The van der Waals surface area contributed by atoms with Crippen molar-refractivity contribution in [1.29, 1.82) is 0 Å². The zero-order valence-electron chi connectivity index (χ0n) is 9.78. The van der Waals surface area contributed by atoms with Gasteiger partial charge in [-0.15, -0.1) is 0 Å². The van der Waals surface area contributed by atoms with Crippen molar-refractivity contribution >= 4 is 5.91 Å². The summed E-state index contributed by atoms with van der Waals surface area (Å²) in [6, 6.07) is 0. The van der Waals surface area contributed by atoms with E-state index in [0.29, 0.717) is 26.1 Å². The minimum Gasteiger partial charge on any atom is -0.494 e. The number of nitrogens with one attached hydrogen (secondary N) is 1. The van der Waals surface area contributed by atoms with E-state index in [4.69, 9.17) is 9.47 Å². The summed E-state index contributed by atoms with van der Waals surface area (Å²) in [6.45, 7) is 4.83. The maximum Gasteiger partial charge on any atom is 0.289 e. The van der Waals surface area contributed by atoms with E-state index in [9.17, 15) is 9.90 Å². The van der Waals surface area contributed by atoms with Crippen molar-refractivity contribution in [3.8, 4) is 0 Å². The van der Waals surface area contributed by atoms with Gasteiger partial charge in [-0.2, -0.15) is 0 Å². The minimum atomic E-state index is -0.842. The lowest BCUT2D eigenvalue weighted by molar-refractivity contribution is -0.123. The van der Waals surface area contributed by atoms with Crippen LogP contribution in [-0.4, -0.2) is 36.4 Å². The number of hydrogen-bond donors (Lipinski definition) is 2. The SMILES string of the molecule is CCC(O)(CC)CNC(=O)C1=COCCO1. The van der Waals surface area contributed by atoms with Crippen LogP contribution in [0.1, 0.15) is 26.7 Å². The average molecular weight is 229 g/mol. The van der Waals surface area contributed by atoms with E-state index in [1.54, 1.807) is 0 Å². The number of ether oxygens (including phenoxy) is 2. The largest absolute Gasteiger partial charge is 0.494 e. The van der Waals surface area contributed by atoms with Crippen LogP contribution in [0, 0.1) is 0 Å². The van der Waals surface area contributed by atoms with Gasteiger partial charge in [0.15, 0.2) is 0 Å². The summed E-state index contributed by atoms with van der Waals surface area (Å²) in [7, 11) is 0. The molecule has 92 valence electrons. The second-order valence-electron chi connectivity index (χ2n) is 3.82. The van der Waals surface area contributed by atoms with Gasteiger partial charge >= 0.3 is 0 Å². The van der Waals surface area contributed by atoms with E-state index in [0.717, 1.165) is 0 Å². The molecular weight excluding hydrogens is 210 g/mol. The standard InChI is InChI=1S/C11H19NO4/c1-3-11(14,4-2)8-12-10(13)9-7-15-5-6-16-9/h7,14H,3-6,8H2,1-2H3,(H,12,13). The third-order valence-electron chi connectivity index (χ3n) is 2.77. The normalized spacial score (nSPS) is 15.8. The van der Waals surface area contributed by atoms with Crippen LogP contribution in [0.25, 0.3) is 0 Å². The van der Waals surface area contributed by atoms with Crippen molar-refractivity contribution in [2.75, 3.05) is 19.8 Å². The summed E-state index contributed by atoms with van der Waals surface area (Å²) in [5.41, 5.74) is -0.842. The summed E-state index contributed by atoms with van der Waals surface area (Å²) in [6.07, 6.45) is 2.50. The van der Waals surface area contributed by atoms with E-state index >= 15 is 0 Å². The molecule has 1 rings (SSSR count). The first-order valence-corrected chi connectivity index (χ1v) is 5.56. The number of aliphatic hydroxyl groups is 1. The fourth-order valence-corrected chi connectivity index (χ4v) is 1.32. The Hall–Kier alpha value is -1.23. The fourth-order valence-electron chi connectivity index (χ4n) is 1.32. The predicted octanol–water partition coefficient (Wildman–Crippen LogP) is 0.542. The molecule has 1 amide bonds. The monoisotopic (exact) mass is 229 g/mol. The van der Waals surface area contributed by atoms with Gasteiger partial charge in [-0.3, -0.25) is 4.79 Å². The van der Waals surface area contributed by atoms with E-state index in [1.165, 1.54) is 6.26 Å². The van der Waals surface area contributed by atoms with Crippen LogP contribution >= 0.6 is 0 Å². The number of carbonyl (C=O) groups excluding carboxylic acids is 1. The molecule has 1 aliphatic heterocycles. The van der Waals surface area contributed by atoms with Gasteiger partial charge in [0.05, 0.1) is 5.60 Å². The maximum atomic E-state index is 11.6. The Kier molecular flexibility index (Phi) is 4.61. The molecule has 0 aliphatic carbocycles. The summed E-state index contributed by atoms with van der Waals surface area (Å²) >= 11 is 0. The van der Waals surface area contributed by atoms with Crippen molar-refractivity contribution in [2.45, 2.75) is 32.3 Å². The highest BCUT2D eigenvalue weighted by Gasteiger charge is 2.24. The molecule has 0 saturated carbocycles. The molecule has 1 aliphatic rings. The third kappa shape index (κ3) is 3.41. The number of amides is 1. The van der Waals surface area contributed by atoms with Crippen molar-refractivity contribution < 1.29 is 19.4 Å². The Morgan fingerprint density at radius 1 is 1.50 bits per heavy atom. The van der Waals surface area contributed by atoms with E-state index < -0.39 is 5.60 Å². The molecule has 0 fully saturated rings. The van der Waals surface area contributed by atoms with Gasteiger partial charge in [-0.1, -0.05) is 13.8 Å². The summed E-state index contributed by atoms with van der Waals surface area (Å²) in [5.74, 6) is -0.180. The Balaban J connectivity index is 2.42. The molecule has 0 unspecified atom stereocenters. The van der Waals surface area contributed by atoms with Crippen LogP contribution in [-0.2, 0) is 14.3 Å². The van der Waals surface area contributed by atoms with Gasteiger partial charge < -0.3 is 19.9 Å². The molecule has 0 radical (unpaired) electrons. The molecule has 1 heterocycles. The Morgan fingerprint density at radius 3 is 2.69 bits per heavy atom. The maximum absolute atomic E-state index is 11.6. The highest BCUT2D eigenvalue weighted by molar-refractivity contribution is 5.91. The second kappa shape index (κ2) is 5.75. The van der Waals surface area contributed by atoms with Gasteiger partial charge in [0, 0.05) is 6.54 Å². The van der Waals surface area contributed by atoms with Gasteiger partial charge in [0.25, 0.3) is 5.91 Å². The third-order valence-corrected chi connectivity index (χ3v) is 2.77. The molecule has 16 heavy (non-hydrogen) atoms. The molecule has 0 bridgehead atoms. The Labute approximate surface area is 95.4 Å². The lowest BCUT2D eigenvalue weighted by Crippen LogP contribution is -2.43. The van der Waals surface area contributed by atoms with Crippen LogP contribution in [0.4, 0.5) is 0 Å². The smallest absolute Gasteiger partial charge is 0.289 e. The number of carbonyl (C=O) groups is 1. The number of hydrogen-bond acceptors (Lipinski definition) is 4. The topological polar surface area (TPSA) is 67.8 Å². The molecule has 0 atom stereocenters. The lowest BCUT2D eigenvalue weighted by atomic mass is 9.98. The quantitative estimate of drug-likeness (QED) is 0.722. The molecular formula is C11H19NO4. The molecule has 0 aromatic carbocycles. The van der Waals surface area contributed by atoms with Gasteiger partial charge in [0.1, 0.15) is 19.5 Å². The summed E-state index contributed by atoms with van der Waals surface area (Å²) in [4.78, 5) is 11.6. The molecule has 0 aromatic rings. The van der Waals surface area contributed by atoms with Gasteiger partial charge in [-0.05, 0) is 12.8 Å². The highest BCUT2D eigenvalue weighted by Crippen LogP contribution is 2.13. The van der Waals surface area contributed by atoms with Crippen molar-refractivity contribution in [2.24, 2.45) is 0 Å². The number of rotatable bonds is 5. The molecule has 5 nitrogen and oxygen atoms in total. The van der Waals surface area contributed by atoms with E-state index in [1.807, 2.05) is 13.8 Å². The van der Waals surface area contributed by atoms with Crippen LogP contribution in [0.5, 0.6) is 0 Å². The van der Waals surface area contributed by atoms with E-state index in [-0.39, 0.29) is 18.2 Å². The second-order valence-corrected chi connectivity index (χ2v) is 3.82. The molecule has 2 N–H and O–H groups in total. The first-order valence-electron chi connectivity index (χ1n) is 5.56. The average Bonchev–Trinajstić information content (AvgIpc) is 2.36. The van der Waals surface area contributed by atoms with Crippen LogP contribution in [0.2, 0.25) is 0 Å². The van der Waals surface area contributed by atoms with Gasteiger partial charge in [0.2, 0.25) is 5.76 Å². The van der Waals surface area contributed by atoms with Crippen LogP contribution in [0.15, 0.2) is 12.0 Å². The summed E-state index contributed by atoms with van der Waals surface area (Å²) < 4.78 is 10.1. The summed E-state index contributed by atoms with van der Waals surface area (Å²) in [5, 5.41) is 12.6. The van der Waals surface area contributed by atoms with E-state index in [2.05, 4.69) is 5.32 Å². The lowest BCUT2D eigenvalue weighted by Gasteiger charge is -2.25. The predicted molar refractivity (Wildman–Crippen MR) is 58.5 cm³/mol. The van der Waals surface area contributed by atoms with Crippen molar-refractivity contribution in [1.82, 2.24) is 5.32 Å². The van der Waals surface area contributed by atoms with Crippen LogP contribution in [0.3, 0.4) is 0 Å². The van der Waals surface area contributed by atoms with Crippen molar-refractivity contribution in [3.05, 3.63) is 12.0 Å². The minimum absolute atomic E-state index is 0.167. The Morgan fingerprint density at radius 2 is 2.19 bits per heavy atom. The van der Waals surface area contributed by atoms with Gasteiger partial charge in [-0.25, -0.2) is 0 Å². The zero-order chi connectivity index (χ0) is 12.0. The van der Waals surface area contributed by atoms with Crippen LogP contribution < -0.4 is 5.32 Å². The molecule has 0 saturated heterocycles. The molecule has 0 aromatic heterocycles. The zero-order valence-corrected chi connectivity index (χ0v) is 9.78. The first kappa shape index (κ1) is 12.8. The fraction of sp³-hybridized carbons (Fsp3) is 0.727.